The average molecular weight is 415 g/mol. The van der Waals surface area contributed by atoms with E-state index in [2.05, 4.69) is 40.8 Å². The third-order valence-electron chi connectivity index (χ3n) is 4.10. The normalized spacial score (nSPS) is 25.4. The second kappa shape index (κ2) is 15.6. The SMILES string of the molecule is C[C-]1CCCC1C.C[C-]1CCCC1C.C[Si](C)=[Zr+2].[Cl-].[Cl-]. The molecule has 0 heterocycles. The van der Waals surface area contributed by atoms with Crippen molar-refractivity contribution in [1.29, 1.82) is 0 Å². The fourth-order valence-electron chi connectivity index (χ4n) is 2.36. The molecule has 2 saturated carbocycles. The van der Waals surface area contributed by atoms with Crippen LogP contribution in [0.1, 0.15) is 66.2 Å². The summed E-state index contributed by atoms with van der Waals surface area (Å²) < 4.78 is 0. The molecule has 2 rings (SSSR count). The van der Waals surface area contributed by atoms with Crippen molar-refractivity contribution in [2.24, 2.45) is 11.8 Å². The van der Waals surface area contributed by atoms with Crippen molar-refractivity contribution >= 4 is 5.43 Å². The van der Waals surface area contributed by atoms with Crippen molar-refractivity contribution in [1.82, 2.24) is 0 Å². The van der Waals surface area contributed by atoms with E-state index < -0.39 is 0 Å². The van der Waals surface area contributed by atoms with Gasteiger partial charge in [0, 0.05) is 0 Å². The molecule has 0 aromatic heterocycles. The van der Waals surface area contributed by atoms with Gasteiger partial charge in [-0.05, 0) is 0 Å². The number of hydrogen-bond acceptors (Lipinski definition) is 0. The van der Waals surface area contributed by atoms with Crippen molar-refractivity contribution in [3.63, 3.8) is 0 Å². The van der Waals surface area contributed by atoms with Gasteiger partial charge < -0.3 is 36.6 Å². The van der Waals surface area contributed by atoms with E-state index in [0.717, 1.165) is 11.8 Å². The molecule has 0 aromatic carbocycles. The molecule has 0 aromatic rings. The largest absolute Gasteiger partial charge is 1.00 e. The fourth-order valence-corrected chi connectivity index (χ4v) is 2.36. The van der Waals surface area contributed by atoms with E-state index in [1.165, 1.54) is 38.5 Å². The molecule has 2 aliphatic carbocycles. The smallest absolute Gasteiger partial charge is 1.00 e. The predicted molar refractivity (Wildman–Crippen MR) is 81.3 cm³/mol. The van der Waals surface area contributed by atoms with Gasteiger partial charge in [-0.3, -0.25) is 0 Å². The Morgan fingerprint density at radius 1 is 0.850 bits per heavy atom. The molecule has 2 atom stereocenters. The third kappa shape index (κ3) is 14.6. The molecule has 20 heavy (non-hydrogen) atoms. The van der Waals surface area contributed by atoms with E-state index in [9.17, 15) is 0 Å². The molecular weight excluding hydrogens is 382 g/mol. The van der Waals surface area contributed by atoms with E-state index in [4.69, 9.17) is 0 Å². The van der Waals surface area contributed by atoms with Crippen LogP contribution in [0.2, 0.25) is 13.1 Å². The van der Waals surface area contributed by atoms with E-state index >= 15 is 0 Å². The molecule has 120 valence electrons. The van der Waals surface area contributed by atoms with E-state index in [0.29, 0.717) is 0 Å². The van der Waals surface area contributed by atoms with Crippen LogP contribution in [0.15, 0.2) is 0 Å². The Bertz CT molecular complexity index is 199. The van der Waals surface area contributed by atoms with Gasteiger partial charge in [0.05, 0.1) is 0 Å². The van der Waals surface area contributed by atoms with Gasteiger partial charge in [-0.1, -0.05) is 39.5 Å². The summed E-state index contributed by atoms with van der Waals surface area (Å²) in [5.74, 6) is 5.28. The predicted octanol–water partition coefficient (Wildman–Crippen LogP) is -0.406. The minimum Gasteiger partial charge on any atom is -1.00 e. The van der Waals surface area contributed by atoms with Crippen LogP contribution in [0.4, 0.5) is 0 Å². The minimum atomic E-state index is 0. The summed E-state index contributed by atoms with van der Waals surface area (Å²) in [7, 11) is 0. The first-order chi connectivity index (χ1) is 8.34. The first-order valence-corrected chi connectivity index (χ1v) is 13.7. The molecule has 2 aliphatic rings. The van der Waals surface area contributed by atoms with Crippen molar-refractivity contribution in [2.45, 2.75) is 79.3 Å². The van der Waals surface area contributed by atoms with Crippen molar-refractivity contribution in [3.05, 3.63) is 11.8 Å². The van der Waals surface area contributed by atoms with Crippen LogP contribution >= 0.6 is 0 Å². The Balaban J connectivity index is -0.000000215. The second-order valence-electron chi connectivity index (χ2n) is 6.28. The van der Waals surface area contributed by atoms with E-state index in [1.807, 2.05) is 0 Å². The number of rotatable bonds is 0. The molecule has 2 unspecified atom stereocenters. The number of halogens is 2. The van der Waals surface area contributed by atoms with Crippen LogP contribution in [0.5, 0.6) is 0 Å². The Kier molecular flexibility index (Phi) is 20.7. The molecule has 2 fully saturated rings. The molecule has 0 aliphatic heterocycles. The van der Waals surface area contributed by atoms with Crippen LogP contribution in [-0.2, 0) is 23.3 Å². The van der Waals surface area contributed by atoms with Crippen LogP contribution in [0, 0.1) is 23.7 Å². The van der Waals surface area contributed by atoms with Gasteiger partial charge >= 0.3 is 41.9 Å². The third-order valence-corrected chi connectivity index (χ3v) is 4.10. The zero-order valence-corrected chi connectivity index (χ0v) is 19.1. The van der Waals surface area contributed by atoms with Gasteiger partial charge in [0.25, 0.3) is 0 Å². The van der Waals surface area contributed by atoms with Crippen molar-refractivity contribution in [3.8, 4) is 0 Å². The van der Waals surface area contributed by atoms with Crippen LogP contribution in [0.3, 0.4) is 0 Å². The summed E-state index contributed by atoms with van der Waals surface area (Å²) in [6.45, 7) is 13.8. The Hall–Kier alpha value is 1.68. The van der Waals surface area contributed by atoms with Gasteiger partial charge in [0.2, 0.25) is 0 Å². The van der Waals surface area contributed by atoms with Gasteiger partial charge in [-0.25, -0.2) is 0 Å². The van der Waals surface area contributed by atoms with Gasteiger partial charge in [0.15, 0.2) is 0 Å². The molecule has 0 bridgehead atoms. The zero-order valence-electron chi connectivity index (χ0n) is 14.2. The molecular formula is C16H32Cl2SiZr-2. The van der Waals surface area contributed by atoms with Crippen molar-refractivity contribution in [2.75, 3.05) is 0 Å². The average Bonchev–Trinajstić information content (AvgIpc) is 2.79. The second-order valence-corrected chi connectivity index (χ2v) is 15.7. The summed E-state index contributed by atoms with van der Waals surface area (Å²) in [5, 5.41) is 0. The molecule has 0 nitrogen and oxygen atoms in total. The Morgan fingerprint density at radius 3 is 1.15 bits per heavy atom. The fraction of sp³-hybridized carbons (Fsp3) is 0.875. The van der Waals surface area contributed by atoms with E-state index in [-0.39, 0.29) is 30.2 Å². The maximum absolute atomic E-state index is 2.32. The molecule has 0 saturated heterocycles. The van der Waals surface area contributed by atoms with Crippen LogP contribution in [-0.4, -0.2) is 5.43 Å². The minimum absolute atomic E-state index is 0. The summed E-state index contributed by atoms with van der Waals surface area (Å²) in [6.07, 6.45) is 8.53. The van der Waals surface area contributed by atoms with Gasteiger partial charge in [-0.2, -0.15) is 38.5 Å². The maximum atomic E-state index is 2.32. The number of hydrogen-bond donors (Lipinski definition) is 0. The van der Waals surface area contributed by atoms with Crippen molar-refractivity contribution < 1.29 is 48.1 Å². The first-order valence-electron chi connectivity index (χ1n) is 7.51. The van der Waals surface area contributed by atoms with Gasteiger partial charge in [0.1, 0.15) is 0 Å². The molecule has 0 radical (unpaired) electrons. The summed E-state index contributed by atoms with van der Waals surface area (Å²) in [5.41, 5.74) is 0.210. The Labute approximate surface area is 155 Å². The quantitative estimate of drug-likeness (QED) is 0.374. The van der Waals surface area contributed by atoms with Gasteiger partial charge in [-0.15, -0.1) is 0 Å². The standard InChI is InChI=1S/2C7H13.C2H6Si.2ClH.Zr/c2*1-6-4-3-5-7(6)2;1-3-2;;;/h2*6H,3-5H2,1-2H3;1-2H3;2*1H;/q2*-1;;;;+2/p-2. The molecule has 0 spiro atoms. The molecule has 0 amide bonds. The topological polar surface area (TPSA) is 0 Å². The summed E-state index contributed by atoms with van der Waals surface area (Å²) >= 11 is 1.74. The van der Waals surface area contributed by atoms with Crippen LogP contribution < -0.4 is 24.8 Å². The maximum Gasteiger partial charge on any atom is -1.00 e. The first kappa shape index (κ1) is 26.6. The van der Waals surface area contributed by atoms with E-state index in [1.54, 1.807) is 35.2 Å². The molecule has 4 heteroatoms. The molecule has 0 N–H and O–H groups in total. The Morgan fingerprint density at radius 2 is 1.10 bits per heavy atom. The van der Waals surface area contributed by atoms with Crippen LogP contribution in [0.25, 0.3) is 0 Å². The summed E-state index contributed by atoms with van der Waals surface area (Å²) in [6, 6.07) is 0. The monoisotopic (exact) mass is 412 g/mol. The zero-order chi connectivity index (χ0) is 14.1. The summed E-state index contributed by atoms with van der Waals surface area (Å²) in [4.78, 5) is 0.